The van der Waals surface area contributed by atoms with E-state index in [0.717, 1.165) is 19.3 Å². The molecule has 9 heteroatoms. The predicted octanol–water partition coefficient (Wildman–Crippen LogP) is 4.09. The van der Waals surface area contributed by atoms with Gasteiger partial charge in [0, 0.05) is 28.9 Å². The molecule has 0 saturated heterocycles. The van der Waals surface area contributed by atoms with Gasteiger partial charge in [-0.3, -0.25) is 4.99 Å². The normalized spacial score (nSPS) is 15.6. The van der Waals surface area contributed by atoms with Crippen LogP contribution in [-0.2, 0) is 9.84 Å². The van der Waals surface area contributed by atoms with Gasteiger partial charge in [-0.1, -0.05) is 11.6 Å². The van der Waals surface area contributed by atoms with Crippen molar-refractivity contribution in [3.8, 4) is 17.6 Å². The number of amidine groups is 1. The van der Waals surface area contributed by atoms with Gasteiger partial charge in [-0.2, -0.15) is 5.26 Å². The average molecular weight is 448 g/mol. The summed E-state index contributed by atoms with van der Waals surface area (Å²) in [7, 11) is -0.986. The van der Waals surface area contributed by atoms with E-state index in [-0.39, 0.29) is 16.8 Å². The van der Waals surface area contributed by atoms with Crippen LogP contribution in [0.15, 0.2) is 52.4 Å². The van der Waals surface area contributed by atoms with Crippen molar-refractivity contribution in [2.45, 2.75) is 35.4 Å². The number of aliphatic imine (C=N–C) groups is 1. The highest BCUT2D eigenvalue weighted by molar-refractivity contribution is 7.93. The standard InChI is InChI=1S/C21H22ClN3O4S/c1-28-17-10-16(11-18(12-17)29-2)25-21(24-15-4-3-5-15)20(13-23)30(26,27)19-8-6-14(22)7-9-19/h6-12,15,20H,3-5H2,1-2H3,(H,24,25). The minimum atomic E-state index is -4.02. The molecule has 1 saturated carbocycles. The number of hydrogen-bond donors (Lipinski definition) is 1. The summed E-state index contributed by atoms with van der Waals surface area (Å²) in [5.41, 5.74) is 0.510. The molecule has 1 atom stereocenters. The molecule has 0 radical (unpaired) electrons. The van der Waals surface area contributed by atoms with E-state index in [9.17, 15) is 13.7 Å². The highest BCUT2D eigenvalue weighted by Gasteiger charge is 2.34. The van der Waals surface area contributed by atoms with Crippen LogP contribution >= 0.6 is 11.6 Å². The maximum atomic E-state index is 13.2. The first-order chi connectivity index (χ1) is 14.4. The summed E-state index contributed by atoms with van der Waals surface area (Å²) in [5, 5.41) is 11.7. The molecule has 7 nitrogen and oxygen atoms in total. The van der Waals surface area contributed by atoms with Crippen LogP contribution in [0.25, 0.3) is 0 Å². The van der Waals surface area contributed by atoms with Crippen molar-refractivity contribution in [1.29, 1.82) is 5.26 Å². The maximum Gasteiger partial charge on any atom is 0.209 e. The van der Waals surface area contributed by atoms with E-state index >= 15 is 0 Å². The lowest BCUT2D eigenvalue weighted by Gasteiger charge is -2.24. The van der Waals surface area contributed by atoms with Gasteiger partial charge in [0.25, 0.3) is 0 Å². The Morgan fingerprint density at radius 2 is 1.77 bits per heavy atom. The second kappa shape index (κ2) is 9.37. The SMILES string of the molecule is COc1cc(NC(=NC2CCC2)C(C#N)S(=O)(=O)c2ccc(Cl)cc2)cc(OC)c1. The molecule has 3 rings (SSSR count). The fourth-order valence-corrected chi connectivity index (χ4v) is 4.41. The molecule has 30 heavy (non-hydrogen) atoms. The number of rotatable bonds is 7. The fraction of sp³-hybridized carbons (Fsp3) is 0.333. The lowest BCUT2D eigenvalue weighted by Crippen LogP contribution is -2.36. The van der Waals surface area contributed by atoms with Crippen LogP contribution in [0.2, 0.25) is 5.02 Å². The van der Waals surface area contributed by atoms with Crippen LogP contribution in [0.5, 0.6) is 11.5 Å². The van der Waals surface area contributed by atoms with E-state index in [2.05, 4.69) is 10.3 Å². The Morgan fingerprint density at radius 1 is 1.17 bits per heavy atom. The number of anilines is 1. The molecule has 2 aromatic carbocycles. The second-order valence-electron chi connectivity index (χ2n) is 6.83. The lowest BCUT2D eigenvalue weighted by molar-refractivity contribution is 0.395. The number of nitrogens with zero attached hydrogens (tertiary/aromatic N) is 2. The summed E-state index contributed by atoms with van der Waals surface area (Å²) in [4.78, 5) is 4.57. The Hall–Kier alpha value is -2.76. The van der Waals surface area contributed by atoms with E-state index in [1.807, 2.05) is 6.07 Å². The number of nitriles is 1. The molecular weight excluding hydrogens is 426 g/mol. The molecule has 0 bridgehead atoms. The molecule has 1 aliphatic rings. The van der Waals surface area contributed by atoms with Gasteiger partial charge < -0.3 is 14.8 Å². The van der Waals surface area contributed by atoms with Crippen LogP contribution in [0, 0.1) is 11.3 Å². The van der Waals surface area contributed by atoms with Gasteiger partial charge in [-0.05, 0) is 43.5 Å². The monoisotopic (exact) mass is 447 g/mol. The molecule has 0 aromatic heterocycles. The van der Waals surface area contributed by atoms with Gasteiger partial charge in [0.2, 0.25) is 15.1 Å². The van der Waals surface area contributed by atoms with E-state index in [4.69, 9.17) is 21.1 Å². The molecular formula is C21H22ClN3O4S. The zero-order valence-electron chi connectivity index (χ0n) is 16.6. The molecule has 1 N–H and O–H groups in total. The molecule has 1 fully saturated rings. The Labute approximate surface area is 181 Å². The molecule has 2 aromatic rings. The first-order valence-corrected chi connectivity index (χ1v) is 11.3. The van der Waals surface area contributed by atoms with Crippen molar-refractivity contribution in [2.24, 2.45) is 4.99 Å². The summed E-state index contributed by atoms with van der Waals surface area (Å²) in [6.07, 6.45) is 2.73. The van der Waals surface area contributed by atoms with Crippen LogP contribution in [0.1, 0.15) is 19.3 Å². The third kappa shape index (κ3) is 4.86. The fourth-order valence-electron chi connectivity index (χ4n) is 2.94. The summed E-state index contributed by atoms with van der Waals surface area (Å²) < 4.78 is 37.0. The highest BCUT2D eigenvalue weighted by Crippen LogP contribution is 2.29. The third-order valence-corrected chi connectivity index (χ3v) is 6.97. The quantitative estimate of drug-likeness (QED) is 0.506. The van der Waals surface area contributed by atoms with Gasteiger partial charge >= 0.3 is 0 Å². The molecule has 0 aliphatic heterocycles. The Balaban J connectivity index is 2.01. The highest BCUT2D eigenvalue weighted by atomic mass is 35.5. The first kappa shape index (κ1) is 21.9. The smallest absolute Gasteiger partial charge is 0.209 e. The second-order valence-corrected chi connectivity index (χ2v) is 9.30. The number of ether oxygens (including phenoxy) is 2. The van der Waals surface area contributed by atoms with E-state index in [1.54, 1.807) is 18.2 Å². The predicted molar refractivity (Wildman–Crippen MR) is 116 cm³/mol. The molecule has 1 unspecified atom stereocenters. The van der Waals surface area contributed by atoms with Crippen LogP contribution < -0.4 is 14.8 Å². The number of sulfone groups is 1. The van der Waals surface area contributed by atoms with Crippen molar-refractivity contribution in [1.82, 2.24) is 0 Å². The summed E-state index contributed by atoms with van der Waals surface area (Å²) >= 11 is 5.88. The van der Waals surface area contributed by atoms with Gasteiger partial charge in [-0.25, -0.2) is 8.42 Å². The van der Waals surface area contributed by atoms with Gasteiger partial charge in [0.15, 0.2) is 0 Å². The van der Waals surface area contributed by atoms with Gasteiger partial charge in [0.05, 0.1) is 31.2 Å². The van der Waals surface area contributed by atoms with Crippen molar-refractivity contribution in [3.63, 3.8) is 0 Å². The summed E-state index contributed by atoms with van der Waals surface area (Å²) in [6.45, 7) is 0. The molecule has 0 spiro atoms. The van der Waals surface area contributed by atoms with E-state index in [0.29, 0.717) is 22.2 Å². The summed E-state index contributed by atoms with van der Waals surface area (Å²) in [6, 6.07) is 12.7. The Kier molecular flexibility index (Phi) is 6.85. The van der Waals surface area contributed by atoms with Crippen molar-refractivity contribution in [2.75, 3.05) is 19.5 Å². The van der Waals surface area contributed by atoms with Crippen molar-refractivity contribution >= 4 is 33.0 Å². The number of halogens is 1. The number of benzene rings is 2. The molecule has 0 heterocycles. The molecule has 1 aliphatic carbocycles. The number of nitrogens with one attached hydrogen (secondary N) is 1. The first-order valence-electron chi connectivity index (χ1n) is 9.34. The molecule has 0 amide bonds. The lowest BCUT2D eigenvalue weighted by atomic mass is 9.94. The topological polar surface area (TPSA) is 101 Å². The maximum absolute atomic E-state index is 13.2. The van der Waals surface area contributed by atoms with Gasteiger partial charge in [-0.15, -0.1) is 0 Å². The van der Waals surface area contributed by atoms with Crippen LogP contribution in [-0.4, -0.2) is 39.8 Å². The number of hydrogen-bond acceptors (Lipinski definition) is 6. The molecule has 158 valence electrons. The van der Waals surface area contributed by atoms with Gasteiger partial charge in [0.1, 0.15) is 17.3 Å². The van der Waals surface area contributed by atoms with Crippen molar-refractivity contribution in [3.05, 3.63) is 47.5 Å². The third-order valence-electron chi connectivity index (χ3n) is 4.84. The van der Waals surface area contributed by atoms with E-state index < -0.39 is 15.1 Å². The Bertz CT molecular complexity index is 1050. The Morgan fingerprint density at radius 3 is 2.23 bits per heavy atom. The van der Waals surface area contributed by atoms with Crippen LogP contribution in [0.3, 0.4) is 0 Å². The number of methoxy groups -OCH3 is 2. The van der Waals surface area contributed by atoms with E-state index in [1.165, 1.54) is 38.5 Å². The average Bonchev–Trinajstić information content (AvgIpc) is 2.70. The minimum absolute atomic E-state index is 0.00443. The van der Waals surface area contributed by atoms with Crippen molar-refractivity contribution < 1.29 is 17.9 Å². The minimum Gasteiger partial charge on any atom is -0.497 e. The largest absolute Gasteiger partial charge is 0.497 e. The zero-order chi connectivity index (χ0) is 21.7. The van der Waals surface area contributed by atoms with Crippen LogP contribution in [0.4, 0.5) is 5.69 Å². The summed E-state index contributed by atoms with van der Waals surface area (Å²) in [5.74, 6) is 1.12. The zero-order valence-corrected chi connectivity index (χ0v) is 18.2.